The van der Waals surface area contributed by atoms with Crippen LogP contribution in [0.1, 0.15) is 35.7 Å². The summed E-state index contributed by atoms with van der Waals surface area (Å²) in [5.74, 6) is -0.450. The Kier molecular flexibility index (Phi) is 5.62. The molecule has 0 N–H and O–H groups in total. The lowest BCUT2D eigenvalue weighted by Gasteiger charge is -2.01. The lowest BCUT2D eigenvalue weighted by atomic mass is 10.1. The van der Waals surface area contributed by atoms with Gasteiger partial charge < -0.3 is 4.57 Å². The maximum Gasteiger partial charge on any atom is 0.279 e. The zero-order valence-electron chi connectivity index (χ0n) is 15.6. The molecular weight excluding hydrogens is 380 g/mol. The van der Waals surface area contributed by atoms with Crippen molar-refractivity contribution < 1.29 is 13.2 Å². The van der Waals surface area contributed by atoms with E-state index in [0.29, 0.717) is 4.80 Å². The molecule has 3 rings (SSSR count). The molecule has 0 saturated carbocycles. The molecule has 0 spiro atoms. The number of rotatable bonds is 5. The molecule has 1 heterocycles. The third-order valence-corrected chi connectivity index (χ3v) is 6.60. The fourth-order valence-electron chi connectivity index (χ4n) is 2.83. The van der Waals surface area contributed by atoms with E-state index in [2.05, 4.69) is 30.1 Å². The number of aromatic nitrogens is 1. The summed E-state index contributed by atoms with van der Waals surface area (Å²) in [4.78, 5) is 17.5. The standard InChI is InChI=1S/C20H22N2O3S2/c1-4-5-7-14-10-11-17-18(12-14)26-20(22(17)2)21-19(23)15-8-6-9-16(13-15)27(3,24)25/h6,8-13H,4-5,7H2,1-3H3. The van der Waals surface area contributed by atoms with Gasteiger partial charge in [-0.25, -0.2) is 8.42 Å². The molecule has 2 aromatic carbocycles. The van der Waals surface area contributed by atoms with E-state index >= 15 is 0 Å². The Morgan fingerprint density at radius 2 is 1.96 bits per heavy atom. The van der Waals surface area contributed by atoms with Gasteiger partial charge in [0.2, 0.25) is 0 Å². The molecule has 142 valence electrons. The van der Waals surface area contributed by atoms with Gasteiger partial charge in [0.25, 0.3) is 5.91 Å². The van der Waals surface area contributed by atoms with Crippen molar-refractivity contribution in [3.8, 4) is 0 Å². The number of hydrogen-bond acceptors (Lipinski definition) is 4. The van der Waals surface area contributed by atoms with Crippen molar-refractivity contribution in [2.24, 2.45) is 12.0 Å². The molecule has 5 nitrogen and oxygen atoms in total. The summed E-state index contributed by atoms with van der Waals surface area (Å²) in [5.41, 5.74) is 2.57. The molecule has 27 heavy (non-hydrogen) atoms. The van der Waals surface area contributed by atoms with Gasteiger partial charge in [0.05, 0.1) is 15.1 Å². The van der Waals surface area contributed by atoms with Crippen LogP contribution in [0.15, 0.2) is 52.4 Å². The van der Waals surface area contributed by atoms with Crippen LogP contribution in [0.5, 0.6) is 0 Å². The summed E-state index contributed by atoms with van der Waals surface area (Å²) in [6.45, 7) is 2.17. The van der Waals surface area contributed by atoms with Crippen LogP contribution in [0.4, 0.5) is 0 Å². The van der Waals surface area contributed by atoms with Crippen molar-refractivity contribution in [1.29, 1.82) is 0 Å². The number of hydrogen-bond donors (Lipinski definition) is 0. The quantitative estimate of drug-likeness (QED) is 0.653. The van der Waals surface area contributed by atoms with Gasteiger partial charge in [-0.05, 0) is 48.7 Å². The maximum atomic E-state index is 12.6. The van der Waals surface area contributed by atoms with E-state index in [1.54, 1.807) is 12.1 Å². The van der Waals surface area contributed by atoms with Crippen LogP contribution in [0, 0.1) is 0 Å². The summed E-state index contributed by atoms with van der Waals surface area (Å²) in [6, 6.07) is 12.3. The number of benzene rings is 2. The zero-order chi connectivity index (χ0) is 19.6. The molecule has 0 fully saturated rings. The molecule has 7 heteroatoms. The third-order valence-electron chi connectivity index (χ3n) is 4.40. The first-order valence-electron chi connectivity index (χ1n) is 8.77. The fourth-order valence-corrected chi connectivity index (χ4v) is 4.58. The summed E-state index contributed by atoms with van der Waals surface area (Å²) < 4.78 is 26.4. The topological polar surface area (TPSA) is 68.5 Å². The van der Waals surface area contributed by atoms with E-state index in [1.807, 2.05) is 11.6 Å². The summed E-state index contributed by atoms with van der Waals surface area (Å²) in [7, 11) is -1.49. The van der Waals surface area contributed by atoms with Gasteiger partial charge in [0, 0.05) is 18.9 Å². The number of fused-ring (bicyclic) bond motifs is 1. The van der Waals surface area contributed by atoms with Gasteiger partial charge in [0.15, 0.2) is 14.6 Å². The van der Waals surface area contributed by atoms with Crippen molar-refractivity contribution in [3.63, 3.8) is 0 Å². The molecule has 1 amide bonds. The molecule has 0 atom stereocenters. The van der Waals surface area contributed by atoms with Gasteiger partial charge in [-0.3, -0.25) is 4.79 Å². The smallest absolute Gasteiger partial charge is 0.279 e. The van der Waals surface area contributed by atoms with Crippen LogP contribution in [0.3, 0.4) is 0 Å². The average molecular weight is 403 g/mol. The summed E-state index contributed by atoms with van der Waals surface area (Å²) in [6.07, 6.45) is 4.46. The Morgan fingerprint density at radius 1 is 1.19 bits per heavy atom. The second kappa shape index (κ2) is 7.78. The number of unbranched alkanes of at least 4 members (excludes halogenated alkanes) is 1. The van der Waals surface area contributed by atoms with Crippen molar-refractivity contribution in [2.75, 3.05) is 6.26 Å². The van der Waals surface area contributed by atoms with Crippen LogP contribution in [-0.4, -0.2) is 25.1 Å². The molecule has 3 aromatic rings. The number of nitrogens with zero attached hydrogens (tertiary/aromatic N) is 2. The summed E-state index contributed by atoms with van der Waals surface area (Å²) >= 11 is 1.46. The van der Waals surface area contributed by atoms with Gasteiger partial charge in [-0.15, -0.1) is 0 Å². The highest BCUT2D eigenvalue weighted by Gasteiger charge is 2.12. The van der Waals surface area contributed by atoms with Crippen LogP contribution in [0.2, 0.25) is 0 Å². The van der Waals surface area contributed by atoms with Crippen molar-refractivity contribution in [2.45, 2.75) is 31.1 Å². The van der Waals surface area contributed by atoms with Crippen LogP contribution < -0.4 is 4.80 Å². The molecule has 0 aliphatic heterocycles. The number of amides is 1. The molecule has 0 aliphatic rings. The molecule has 0 bridgehead atoms. The molecular formula is C20H22N2O3S2. The van der Waals surface area contributed by atoms with Crippen LogP contribution in [-0.2, 0) is 23.3 Å². The third kappa shape index (κ3) is 4.36. The van der Waals surface area contributed by atoms with Crippen molar-refractivity contribution >= 4 is 37.3 Å². The Morgan fingerprint density at radius 3 is 2.67 bits per heavy atom. The average Bonchev–Trinajstić information content (AvgIpc) is 2.94. The number of carbonyl (C=O) groups excluding carboxylic acids is 1. The van der Waals surface area contributed by atoms with Crippen LogP contribution in [0.25, 0.3) is 10.2 Å². The minimum absolute atomic E-state index is 0.116. The molecule has 0 aliphatic carbocycles. The highest BCUT2D eigenvalue weighted by atomic mass is 32.2. The normalized spacial score (nSPS) is 12.6. The number of thiazole rings is 1. The minimum Gasteiger partial charge on any atom is -0.319 e. The van der Waals surface area contributed by atoms with Crippen molar-refractivity contribution in [1.82, 2.24) is 4.57 Å². The minimum atomic E-state index is -3.37. The van der Waals surface area contributed by atoms with Gasteiger partial charge in [-0.1, -0.05) is 36.8 Å². The predicted octanol–water partition coefficient (Wildman–Crippen LogP) is 3.73. The van der Waals surface area contributed by atoms with Gasteiger partial charge in [0.1, 0.15) is 0 Å². The Bertz CT molecular complexity index is 1170. The fraction of sp³-hybridized carbons (Fsp3) is 0.300. The van der Waals surface area contributed by atoms with E-state index in [-0.39, 0.29) is 10.5 Å². The van der Waals surface area contributed by atoms with E-state index in [4.69, 9.17) is 0 Å². The molecule has 1 aromatic heterocycles. The first-order chi connectivity index (χ1) is 12.8. The lowest BCUT2D eigenvalue weighted by Crippen LogP contribution is -2.13. The highest BCUT2D eigenvalue weighted by molar-refractivity contribution is 7.90. The summed E-state index contributed by atoms with van der Waals surface area (Å²) in [5, 5.41) is 0. The maximum absolute atomic E-state index is 12.6. The first kappa shape index (κ1) is 19.5. The number of sulfone groups is 1. The van der Waals surface area contributed by atoms with E-state index < -0.39 is 15.7 Å². The number of carbonyl (C=O) groups is 1. The second-order valence-electron chi connectivity index (χ2n) is 6.57. The lowest BCUT2D eigenvalue weighted by molar-refractivity contribution is 0.0997. The van der Waals surface area contributed by atoms with E-state index in [1.165, 1.54) is 29.0 Å². The monoisotopic (exact) mass is 402 g/mol. The van der Waals surface area contributed by atoms with E-state index in [9.17, 15) is 13.2 Å². The largest absolute Gasteiger partial charge is 0.319 e. The molecule has 0 unspecified atom stereocenters. The Balaban J connectivity index is 2.00. The van der Waals surface area contributed by atoms with E-state index in [0.717, 1.165) is 35.7 Å². The highest BCUT2D eigenvalue weighted by Crippen LogP contribution is 2.20. The predicted molar refractivity (Wildman–Crippen MR) is 109 cm³/mol. The van der Waals surface area contributed by atoms with Crippen LogP contribution >= 0.6 is 11.3 Å². The SMILES string of the molecule is CCCCc1ccc2c(c1)sc(=NC(=O)c1cccc(S(C)(=O)=O)c1)n2C. The van der Waals surface area contributed by atoms with Gasteiger partial charge in [-0.2, -0.15) is 4.99 Å². The molecule has 0 radical (unpaired) electrons. The Hall–Kier alpha value is -2.25. The zero-order valence-corrected chi connectivity index (χ0v) is 17.2. The van der Waals surface area contributed by atoms with Crippen molar-refractivity contribution in [3.05, 3.63) is 58.4 Å². The Labute approximate surface area is 162 Å². The number of aryl methyl sites for hydroxylation is 2. The second-order valence-corrected chi connectivity index (χ2v) is 9.59. The first-order valence-corrected chi connectivity index (χ1v) is 11.5. The molecule has 0 saturated heterocycles. The van der Waals surface area contributed by atoms with Gasteiger partial charge >= 0.3 is 0 Å².